The first kappa shape index (κ1) is 16.8. The quantitative estimate of drug-likeness (QED) is 0.869. The van der Waals surface area contributed by atoms with E-state index in [4.69, 9.17) is 17.3 Å². The molecule has 1 unspecified atom stereocenters. The lowest BCUT2D eigenvalue weighted by molar-refractivity contribution is 0.0736. The van der Waals surface area contributed by atoms with Crippen LogP contribution in [-0.4, -0.2) is 33.3 Å². The molecule has 0 aromatic carbocycles. The molecule has 0 aliphatic heterocycles. The molecule has 21 heavy (non-hydrogen) atoms. The topological polar surface area (TPSA) is 47.1 Å². The Labute approximate surface area is 133 Å². The summed E-state index contributed by atoms with van der Waals surface area (Å²) in [6.45, 7) is 10.7. The van der Waals surface area contributed by atoms with Gasteiger partial charge in [0.2, 0.25) is 0 Å². The molecule has 2 N–H and O–H groups in total. The number of rotatable bonds is 6. The molecule has 0 radical (unpaired) electrons. The Kier molecular flexibility index (Phi) is 5.33. The summed E-state index contributed by atoms with van der Waals surface area (Å²) >= 11 is 6.43. The van der Waals surface area contributed by atoms with Crippen LogP contribution in [0, 0.1) is 0 Å². The predicted molar refractivity (Wildman–Crippen MR) is 88.7 cm³/mol. The molecule has 2 rings (SSSR count). The van der Waals surface area contributed by atoms with E-state index in [1.165, 1.54) is 12.8 Å². The zero-order valence-corrected chi connectivity index (χ0v) is 14.5. The van der Waals surface area contributed by atoms with Gasteiger partial charge in [-0.1, -0.05) is 38.3 Å². The number of nitrogens with two attached hydrogens (primary N) is 1. The maximum Gasteiger partial charge on any atom is 0.0834 e. The van der Waals surface area contributed by atoms with Crippen molar-refractivity contribution in [2.45, 2.75) is 71.0 Å². The lowest BCUT2D eigenvalue weighted by Crippen LogP contribution is -2.54. The molecule has 1 fully saturated rings. The highest BCUT2D eigenvalue weighted by Crippen LogP contribution is 2.45. The first-order valence-corrected chi connectivity index (χ1v) is 8.59. The fraction of sp³-hybridized carbons (Fsp3) is 0.812. The zero-order chi connectivity index (χ0) is 15.6. The van der Waals surface area contributed by atoms with Crippen LogP contribution in [-0.2, 0) is 0 Å². The number of nitrogens with zero attached hydrogens (tertiary/aromatic N) is 3. The van der Waals surface area contributed by atoms with Gasteiger partial charge in [0, 0.05) is 11.6 Å². The number of hydrogen-bond acceptors (Lipinski definition) is 3. The Morgan fingerprint density at radius 1 is 1.33 bits per heavy atom. The minimum Gasteiger partial charge on any atom is -0.321 e. The van der Waals surface area contributed by atoms with Crippen LogP contribution in [0.15, 0.2) is 6.20 Å². The summed E-state index contributed by atoms with van der Waals surface area (Å²) in [6.07, 6.45) is 6.53. The van der Waals surface area contributed by atoms with Crippen molar-refractivity contribution in [2.24, 2.45) is 5.73 Å². The molecule has 5 heteroatoms. The molecule has 0 saturated heterocycles. The normalized spacial score (nSPS) is 19.6. The molecule has 1 heterocycles. The molecule has 120 valence electrons. The maximum atomic E-state index is 6.78. The van der Waals surface area contributed by atoms with Crippen molar-refractivity contribution in [1.29, 1.82) is 0 Å². The molecule has 4 nitrogen and oxygen atoms in total. The van der Waals surface area contributed by atoms with Gasteiger partial charge in [0.05, 0.1) is 23.0 Å². The number of likely N-dealkylation sites (N-methyl/N-ethyl adjacent to an activating group) is 1. The summed E-state index contributed by atoms with van der Waals surface area (Å²) in [7, 11) is 0. The van der Waals surface area contributed by atoms with Crippen molar-refractivity contribution in [3.8, 4) is 0 Å². The second kappa shape index (κ2) is 6.67. The summed E-state index contributed by atoms with van der Waals surface area (Å²) in [5, 5.41) is 5.14. The Bertz CT molecular complexity index is 459. The molecular weight excluding hydrogens is 284 g/mol. The molecule has 0 spiro atoms. The van der Waals surface area contributed by atoms with Crippen LogP contribution in [0.3, 0.4) is 0 Å². The van der Waals surface area contributed by atoms with Gasteiger partial charge in [0.15, 0.2) is 0 Å². The highest BCUT2D eigenvalue weighted by atomic mass is 35.5. The summed E-state index contributed by atoms with van der Waals surface area (Å²) in [5.41, 5.74) is 7.81. The van der Waals surface area contributed by atoms with E-state index < -0.39 is 0 Å². The van der Waals surface area contributed by atoms with E-state index in [-0.39, 0.29) is 17.6 Å². The van der Waals surface area contributed by atoms with Crippen LogP contribution < -0.4 is 5.73 Å². The van der Waals surface area contributed by atoms with Gasteiger partial charge in [0.1, 0.15) is 0 Å². The number of aromatic nitrogens is 2. The molecule has 1 aromatic heterocycles. The summed E-state index contributed by atoms with van der Waals surface area (Å²) in [6, 6.07) is 0.186. The molecule has 1 saturated carbocycles. The Morgan fingerprint density at radius 2 is 1.90 bits per heavy atom. The van der Waals surface area contributed by atoms with Crippen LogP contribution >= 0.6 is 11.6 Å². The van der Waals surface area contributed by atoms with Crippen molar-refractivity contribution in [3.63, 3.8) is 0 Å². The molecule has 1 atom stereocenters. The second-order valence-electron chi connectivity index (χ2n) is 6.38. The average molecular weight is 313 g/mol. The van der Waals surface area contributed by atoms with Crippen molar-refractivity contribution in [1.82, 2.24) is 14.7 Å². The molecule has 0 amide bonds. The van der Waals surface area contributed by atoms with Gasteiger partial charge in [-0.3, -0.25) is 9.58 Å². The smallest absolute Gasteiger partial charge is 0.0834 e. The van der Waals surface area contributed by atoms with E-state index in [2.05, 4.69) is 37.7 Å². The second-order valence-corrected chi connectivity index (χ2v) is 6.78. The van der Waals surface area contributed by atoms with Gasteiger partial charge in [0.25, 0.3) is 0 Å². The average Bonchev–Trinajstić information content (AvgIpc) is 3.07. The van der Waals surface area contributed by atoms with Gasteiger partial charge < -0.3 is 5.73 Å². The lowest BCUT2D eigenvalue weighted by atomic mass is 9.84. The van der Waals surface area contributed by atoms with E-state index >= 15 is 0 Å². The fourth-order valence-electron chi connectivity index (χ4n) is 3.97. The third-order valence-electron chi connectivity index (χ3n) is 5.01. The van der Waals surface area contributed by atoms with Crippen LogP contribution in [0.1, 0.15) is 71.2 Å². The van der Waals surface area contributed by atoms with E-state index in [0.717, 1.165) is 31.6 Å². The van der Waals surface area contributed by atoms with Crippen molar-refractivity contribution >= 4 is 11.6 Å². The first-order valence-electron chi connectivity index (χ1n) is 8.21. The molecular formula is C16H29ClN4. The van der Waals surface area contributed by atoms with Crippen molar-refractivity contribution < 1.29 is 0 Å². The molecule has 1 aliphatic carbocycles. The number of halogens is 1. The standard InChI is InChI=1S/C16H29ClN4/c1-5-20(6-2)16(9-7-8-10-16)15(18)14-13(17)11-19-21(14)12(3)4/h11-12,15H,5-10,18H2,1-4H3. The number of hydrogen-bond donors (Lipinski definition) is 1. The molecule has 1 aromatic rings. The lowest BCUT2D eigenvalue weighted by Gasteiger charge is -2.45. The largest absolute Gasteiger partial charge is 0.321 e. The van der Waals surface area contributed by atoms with Gasteiger partial charge in [-0.2, -0.15) is 5.10 Å². The minimum atomic E-state index is -0.0858. The Morgan fingerprint density at radius 3 is 2.38 bits per heavy atom. The van der Waals surface area contributed by atoms with E-state index in [0.29, 0.717) is 5.02 Å². The SMILES string of the molecule is CCN(CC)C1(C(N)c2c(Cl)cnn2C(C)C)CCCC1. The summed E-state index contributed by atoms with van der Waals surface area (Å²) in [5.74, 6) is 0. The first-order chi connectivity index (χ1) is 9.97. The van der Waals surface area contributed by atoms with Gasteiger partial charge >= 0.3 is 0 Å². The van der Waals surface area contributed by atoms with Crippen molar-refractivity contribution in [2.75, 3.05) is 13.1 Å². The summed E-state index contributed by atoms with van der Waals surface area (Å²) in [4.78, 5) is 2.53. The van der Waals surface area contributed by atoms with Crippen LogP contribution in [0.4, 0.5) is 0 Å². The minimum absolute atomic E-state index is 0.0276. The fourth-order valence-corrected chi connectivity index (χ4v) is 4.22. The van der Waals surface area contributed by atoms with Gasteiger partial charge in [-0.25, -0.2) is 0 Å². The zero-order valence-electron chi connectivity index (χ0n) is 13.8. The predicted octanol–water partition coefficient (Wildman–Crippen LogP) is 3.77. The van der Waals surface area contributed by atoms with E-state index in [1.807, 2.05) is 4.68 Å². The van der Waals surface area contributed by atoms with Crippen LogP contribution in [0.5, 0.6) is 0 Å². The van der Waals surface area contributed by atoms with E-state index in [9.17, 15) is 0 Å². The third kappa shape index (κ3) is 2.86. The Balaban J connectivity index is 2.44. The Hall–Kier alpha value is -0.580. The van der Waals surface area contributed by atoms with Crippen LogP contribution in [0.2, 0.25) is 5.02 Å². The molecule has 1 aliphatic rings. The summed E-state index contributed by atoms with van der Waals surface area (Å²) < 4.78 is 2.00. The van der Waals surface area contributed by atoms with Gasteiger partial charge in [-0.15, -0.1) is 0 Å². The third-order valence-corrected chi connectivity index (χ3v) is 5.30. The highest BCUT2D eigenvalue weighted by molar-refractivity contribution is 6.31. The van der Waals surface area contributed by atoms with Gasteiger partial charge in [-0.05, 0) is 39.8 Å². The van der Waals surface area contributed by atoms with Crippen LogP contribution in [0.25, 0.3) is 0 Å². The monoisotopic (exact) mass is 312 g/mol. The van der Waals surface area contributed by atoms with E-state index in [1.54, 1.807) is 6.20 Å². The van der Waals surface area contributed by atoms with Crippen molar-refractivity contribution in [3.05, 3.63) is 16.9 Å². The molecule has 0 bridgehead atoms. The highest BCUT2D eigenvalue weighted by Gasteiger charge is 2.45. The maximum absolute atomic E-state index is 6.78.